The Kier molecular flexibility index (Phi) is 2.26. The summed E-state index contributed by atoms with van der Waals surface area (Å²) in [6, 6.07) is 16.3. The van der Waals surface area contributed by atoms with Gasteiger partial charge in [0.15, 0.2) is 0 Å². The summed E-state index contributed by atoms with van der Waals surface area (Å²) in [5.41, 5.74) is 7.22. The number of nitrogens with zero attached hydrogens (tertiary/aromatic N) is 2. The average molecular weight is 299 g/mol. The molecule has 0 unspecified atom stereocenters. The second kappa shape index (κ2) is 4.20. The van der Waals surface area contributed by atoms with Crippen LogP contribution in [0.25, 0.3) is 32.4 Å². The largest absolute Gasteiger partial charge is 0.366 e. The third-order valence-electron chi connectivity index (χ3n) is 4.69. The molecule has 0 fully saturated rings. The lowest BCUT2D eigenvalue weighted by atomic mass is 10.00. The van der Waals surface area contributed by atoms with Crippen molar-refractivity contribution in [3.05, 3.63) is 54.1 Å². The van der Waals surface area contributed by atoms with Gasteiger partial charge in [0.2, 0.25) is 5.91 Å². The third-order valence-corrected chi connectivity index (χ3v) is 4.69. The van der Waals surface area contributed by atoms with E-state index in [9.17, 15) is 4.79 Å². The van der Waals surface area contributed by atoms with Gasteiger partial charge < -0.3 is 10.3 Å². The Bertz CT molecular complexity index is 1170. The van der Waals surface area contributed by atoms with Crippen LogP contribution in [0.5, 0.6) is 0 Å². The first-order chi connectivity index (χ1) is 11.2. The minimum Gasteiger partial charge on any atom is -0.366 e. The number of nitrogens with two attached hydrogens (primary N) is 1. The van der Waals surface area contributed by atoms with Crippen molar-refractivity contribution in [1.82, 2.24) is 4.57 Å². The highest BCUT2D eigenvalue weighted by Crippen LogP contribution is 2.35. The van der Waals surface area contributed by atoms with E-state index in [1.807, 2.05) is 24.4 Å². The number of carbonyl (C=O) groups is 1. The number of fused-ring (bicyclic) bond motifs is 7. The maximum atomic E-state index is 11.6. The molecule has 3 aromatic carbocycles. The molecule has 0 saturated heterocycles. The van der Waals surface area contributed by atoms with Crippen LogP contribution in [0, 0.1) is 0 Å². The second-order valence-corrected chi connectivity index (χ2v) is 5.85. The van der Waals surface area contributed by atoms with E-state index < -0.39 is 0 Å². The summed E-state index contributed by atoms with van der Waals surface area (Å²) < 4.78 is 2.21. The molecule has 0 atom stereocenters. The van der Waals surface area contributed by atoms with Gasteiger partial charge in [-0.15, -0.1) is 0 Å². The molecular formula is C19H13N3O. The molecule has 4 heteroatoms. The molecule has 0 radical (unpaired) electrons. The minimum atomic E-state index is -0.384. The normalized spacial score (nSPS) is 13.2. The van der Waals surface area contributed by atoms with Gasteiger partial charge in [-0.3, -0.25) is 4.79 Å². The van der Waals surface area contributed by atoms with Crippen molar-refractivity contribution in [2.45, 2.75) is 6.54 Å². The zero-order chi connectivity index (χ0) is 15.6. The minimum absolute atomic E-state index is 0.384. The third kappa shape index (κ3) is 1.55. The van der Waals surface area contributed by atoms with Gasteiger partial charge in [-0.25, -0.2) is 4.99 Å². The molecule has 1 amide bonds. The van der Waals surface area contributed by atoms with Crippen LogP contribution in [0.15, 0.2) is 53.5 Å². The quantitative estimate of drug-likeness (QED) is 0.534. The van der Waals surface area contributed by atoms with Gasteiger partial charge >= 0.3 is 0 Å². The van der Waals surface area contributed by atoms with Crippen LogP contribution in [0.1, 0.15) is 10.4 Å². The summed E-state index contributed by atoms with van der Waals surface area (Å²) in [5.74, 6) is 0.605. The molecule has 110 valence electrons. The fourth-order valence-corrected chi connectivity index (χ4v) is 3.63. The second-order valence-electron chi connectivity index (χ2n) is 5.85. The van der Waals surface area contributed by atoms with Crippen molar-refractivity contribution >= 4 is 50.4 Å². The fraction of sp³-hybridized carbons (Fsp3) is 0.0526. The van der Waals surface area contributed by atoms with Gasteiger partial charge in [0, 0.05) is 17.2 Å². The van der Waals surface area contributed by atoms with E-state index in [1.54, 1.807) is 0 Å². The predicted octanol–water partition coefficient (Wildman–Crippen LogP) is 3.76. The van der Waals surface area contributed by atoms with Crippen molar-refractivity contribution in [3.8, 4) is 0 Å². The van der Waals surface area contributed by atoms with Gasteiger partial charge in [-0.05, 0) is 45.8 Å². The summed E-state index contributed by atoms with van der Waals surface area (Å²) >= 11 is 0. The number of carbonyl (C=O) groups excluding carboxylic acids is 1. The van der Waals surface area contributed by atoms with E-state index in [0.717, 1.165) is 28.5 Å². The van der Waals surface area contributed by atoms with Crippen molar-refractivity contribution in [3.63, 3.8) is 0 Å². The molecule has 1 aliphatic rings. The fourth-order valence-electron chi connectivity index (χ4n) is 3.63. The topological polar surface area (TPSA) is 60.4 Å². The Hall–Kier alpha value is -3.14. The molecule has 1 aromatic heterocycles. The molecule has 0 aliphatic carbocycles. The number of rotatable bonds is 1. The summed E-state index contributed by atoms with van der Waals surface area (Å²) in [5, 5.41) is 5.50. The Labute approximate surface area is 131 Å². The van der Waals surface area contributed by atoms with Crippen LogP contribution in [0.3, 0.4) is 0 Å². The van der Waals surface area contributed by atoms with E-state index in [0.29, 0.717) is 5.56 Å². The Morgan fingerprint density at radius 3 is 2.39 bits per heavy atom. The maximum absolute atomic E-state index is 11.6. The van der Waals surface area contributed by atoms with E-state index in [4.69, 9.17) is 5.73 Å². The lowest BCUT2D eigenvalue weighted by Crippen LogP contribution is -2.09. The van der Waals surface area contributed by atoms with Crippen LogP contribution < -0.4 is 5.73 Å². The van der Waals surface area contributed by atoms with Gasteiger partial charge in [0.05, 0.1) is 12.1 Å². The molecule has 2 heterocycles. The summed E-state index contributed by atoms with van der Waals surface area (Å²) in [6.07, 6.45) is 1.93. The maximum Gasteiger partial charge on any atom is 0.249 e. The number of amides is 1. The summed E-state index contributed by atoms with van der Waals surface area (Å²) in [6.45, 7) is 0.808. The number of primary amides is 1. The summed E-state index contributed by atoms with van der Waals surface area (Å²) in [4.78, 5) is 15.9. The van der Waals surface area contributed by atoms with Crippen molar-refractivity contribution in [2.75, 3.05) is 0 Å². The predicted molar refractivity (Wildman–Crippen MR) is 93.6 cm³/mol. The molecule has 2 N–H and O–H groups in total. The van der Waals surface area contributed by atoms with E-state index in [2.05, 4.69) is 39.9 Å². The first kappa shape index (κ1) is 12.4. The van der Waals surface area contributed by atoms with Gasteiger partial charge in [0.25, 0.3) is 0 Å². The highest BCUT2D eigenvalue weighted by atomic mass is 16.1. The molecule has 23 heavy (non-hydrogen) atoms. The molecule has 1 aliphatic heterocycles. The summed E-state index contributed by atoms with van der Waals surface area (Å²) in [7, 11) is 0. The molecule has 5 rings (SSSR count). The Morgan fingerprint density at radius 2 is 1.52 bits per heavy atom. The molecule has 0 spiro atoms. The molecule has 0 bridgehead atoms. The highest BCUT2D eigenvalue weighted by Gasteiger charge is 2.14. The standard InChI is InChI=1S/C19H13N3O/c20-19(23)16-4-3-11-12-5-7-17-15(13(12)1-2-14(11)16)6-8-18-21-9-10-22(17)18/h1-9H,10H2,(H2,20,23). The average Bonchev–Trinajstić information content (AvgIpc) is 3.20. The van der Waals surface area contributed by atoms with Crippen molar-refractivity contribution in [1.29, 1.82) is 0 Å². The van der Waals surface area contributed by atoms with Crippen molar-refractivity contribution in [2.24, 2.45) is 10.7 Å². The van der Waals surface area contributed by atoms with E-state index in [-0.39, 0.29) is 5.91 Å². The Balaban J connectivity index is 1.92. The van der Waals surface area contributed by atoms with Crippen LogP contribution in [-0.2, 0) is 6.54 Å². The van der Waals surface area contributed by atoms with Crippen LogP contribution in [0.4, 0.5) is 5.82 Å². The first-order valence-electron chi connectivity index (χ1n) is 7.54. The van der Waals surface area contributed by atoms with E-state index >= 15 is 0 Å². The van der Waals surface area contributed by atoms with Crippen LogP contribution in [0.2, 0.25) is 0 Å². The van der Waals surface area contributed by atoms with Crippen LogP contribution in [-0.4, -0.2) is 16.7 Å². The SMILES string of the molecule is NC(=O)c1ccc2c1ccc1c2ccc2c1ccc1n2CC=N1. The van der Waals surface area contributed by atoms with Gasteiger partial charge in [-0.2, -0.15) is 0 Å². The number of aliphatic imine (C=N–C) groups is 1. The van der Waals surface area contributed by atoms with E-state index in [1.165, 1.54) is 16.3 Å². The number of hydrogen-bond acceptors (Lipinski definition) is 2. The van der Waals surface area contributed by atoms with Gasteiger partial charge in [0.1, 0.15) is 5.82 Å². The smallest absolute Gasteiger partial charge is 0.249 e. The number of hydrogen-bond donors (Lipinski definition) is 1. The zero-order valence-corrected chi connectivity index (χ0v) is 12.3. The lowest BCUT2D eigenvalue weighted by Gasteiger charge is -2.11. The number of benzene rings is 2. The molecule has 0 saturated carbocycles. The number of pyridine rings is 1. The number of aromatic nitrogens is 1. The highest BCUT2D eigenvalue weighted by molar-refractivity contribution is 6.21. The molecule has 4 nitrogen and oxygen atoms in total. The first-order valence-corrected chi connectivity index (χ1v) is 7.54. The monoisotopic (exact) mass is 299 g/mol. The zero-order valence-electron chi connectivity index (χ0n) is 12.3. The van der Waals surface area contributed by atoms with Crippen LogP contribution >= 0.6 is 0 Å². The molecular weight excluding hydrogens is 286 g/mol. The molecule has 4 aromatic rings. The Morgan fingerprint density at radius 1 is 0.870 bits per heavy atom. The lowest BCUT2D eigenvalue weighted by molar-refractivity contribution is 0.100. The van der Waals surface area contributed by atoms with Gasteiger partial charge in [-0.1, -0.05) is 24.3 Å². The van der Waals surface area contributed by atoms with Crippen molar-refractivity contribution < 1.29 is 4.79 Å².